The second-order valence-corrected chi connectivity index (χ2v) is 8.01. The SMILES string of the molecule is CSc1sc(C(=O)N/N=C\c2ccc(Cl)cc2)c2c1[C@@H](O)CCC2. The molecule has 1 heterocycles. The topological polar surface area (TPSA) is 61.7 Å². The van der Waals surface area contributed by atoms with Gasteiger partial charge in [0.15, 0.2) is 0 Å². The normalized spacial score (nSPS) is 17.0. The average Bonchev–Trinajstić information content (AvgIpc) is 2.97. The molecule has 1 atom stereocenters. The number of hydrogen-bond donors (Lipinski definition) is 2. The Hall–Kier alpha value is -1.34. The highest BCUT2D eigenvalue weighted by atomic mass is 35.5. The van der Waals surface area contributed by atoms with Gasteiger partial charge in [0.2, 0.25) is 0 Å². The molecule has 1 aliphatic rings. The minimum atomic E-state index is -0.466. The van der Waals surface area contributed by atoms with E-state index in [9.17, 15) is 9.90 Å². The summed E-state index contributed by atoms with van der Waals surface area (Å²) in [5, 5.41) is 14.9. The van der Waals surface area contributed by atoms with Crippen molar-refractivity contribution < 1.29 is 9.90 Å². The second kappa shape index (κ2) is 7.70. The van der Waals surface area contributed by atoms with Crippen LogP contribution >= 0.6 is 34.7 Å². The summed E-state index contributed by atoms with van der Waals surface area (Å²) in [6.45, 7) is 0. The maximum absolute atomic E-state index is 12.5. The van der Waals surface area contributed by atoms with Gasteiger partial charge in [0.25, 0.3) is 5.91 Å². The van der Waals surface area contributed by atoms with Crippen LogP contribution in [0.3, 0.4) is 0 Å². The van der Waals surface area contributed by atoms with Crippen molar-refractivity contribution in [2.24, 2.45) is 5.10 Å². The van der Waals surface area contributed by atoms with Gasteiger partial charge in [-0.2, -0.15) is 5.10 Å². The number of aliphatic hydroxyl groups excluding tert-OH is 1. The molecule has 0 fully saturated rings. The summed E-state index contributed by atoms with van der Waals surface area (Å²) in [6, 6.07) is 7.19. The largest absolute Gasteiger partial charge is 0.388 e. The van der Waals surface area contributed by atoms with Crippen LogP contribution in [0, 0.1) is 0 Å². The number of rotatable bonds is 4. The van der Waals surface area contributed by atoms with E-state index < -0.39 is 6.10 Å². The molecule has 1 aromatic carbocycles. The molecule has 0 saturated heterocycles. The van der Waals surface area contributed by atoms with Gasteiger partial charge in [0.1, 0.15) is 0 Å². The number of thioether (sulfide) groups is 1. The number of nitrogens with one attached hydrogen (secondary N) is 1. The lowest BCUT2D eigenvalue weighted by atomic mass is 9.91. The number of halogens is 1. The number of hydrazone groups is 1. The molecule has 1 aliphatic carbocycles. The van der Waals surface area contributed by atoms with Crippen molar-refractivity contribution in [2.75, 3.05) is 6.26 Å². The van der Waals surface area contributed by atoms with Crippen LogP contribution in [0.4, 0.5) is 0 Å². The molecule has 0 radical (unpaired) electrons. The van der Waals surface area contributed by atoms with Gasteiger partial charge in [-0.25, -0.2) is 5.43 Å². The van der Waals surface area contributed by atoms with E-state index in [1.165, 1.54) is 11.3 Å². The summed E-state index contributed by atoms with van der Waals surface area (Å²) in [7, 11) is 0. The van der Waals surface area contributed by atoms with Crippen molar-refractivity contribution >= 4 is 46.8 Å². The van der Waals surface area contributed by atoms with Crippen LogP contribution in [0.5, 0.6) is 0 Å². The van der Waals surface area contributed by atoms with Crippen LogP contribution in [-0.4, -0.2) is 23.5 Å². The number of benzene rings is 1. The molecular formula is C17H17ClN2O2S2. The molecule has 0 aliphatic heterocycles. The molecule has 7 heteroatoms. The first-order chi connectivity index (χ1) is 11.6. The van der Waals surface area contributed by atoms with Crippen LogP contribution < -0.4 is 5.43 Å². The maximum Gasteiger partial charge on any atom is 0.281 e. The molecule has 2 N–H and O–H groups in total. The molecular weight excluding hydrogens is 364 g/mol. The van der Waals surface area contributed by atoms with E-state index in [-0.39, 0.29) is 5.91 Å². The smallest absolute Gasteiger partial charge is 0.281 e. The van der Waals surface area contributed by atoms with Gasteiger partial charge < -0.3 is 5.11 Å². The minimum absolute atomic E-state index is 0.226. The zero-order valence-corrected chi connectivity index (χ0v) is 15.5. The molecule has 1 aromatic heterocycles. The summed E-state index contributed by atoms with van der Waals surface area (Å²) in [6.07, 6.45) is 5.56. The van der Waals surface area contributed by atoms with E-state index in [1.807, 2.05) is 18.4 Å². The quantitative estimate of drug-likeness (QED) is 0.473. The molecule has 4 nitrogen and oxygen atoms in total. The number of hydrogen-bond acceptors (Lipinski definition) is 5. The Bertz CT molecular complexity index is 772. The Labute approximate surface area is 153 Å². The monoisotopic (exact) mass is 380 g/mol. The number of carbonyl (C=O) groups excluding carboxylic acids is 1. The van der Waals surface area contributed by atoms with Crippen molar-refractivity contribution in [1.82, 2.24) is 5.43 Å². The molecule has 126 valence electrons. The summed E-state index contributed by atoms with van der Waals surface area (Å²) < 4.78 is 1.02. The summed E-state index contributed by atoms with van der Waals surface area (Å²) in [4.78, 5) is 13.1. The Morgan fingerprint density at radius 2 is 2.21 bits per heavy atom. The molecule has 0 unspecified atom stereocenters. The number of fused-ring (bicyclic) bond motifs is 1. The lowest BCUT2D eigenvalue weighted by molar-refractivity contribution is 0.0957. The lowest BCUT2D eigenvalue weighted by Gasteiger charge is -2.19. The van der Waals surface area contributed by atoms with Gasteiger partial charge in [-0.1, -0.05) is 23.7 Å². The second-order valence-electron chi connectivity index (χ2n) is 5.47. The van der Waals surface area contributed by atoms with Gasteiger partial charge in [-0.3, -0.25) is 4.79 Å². The van der Waals surface area contributed by atoms with Gasteiger partial charge in [0, 0.05) is 10.6 Å². The molecule has 0 spiro atoms. The first-order valence-corrected chi connectivity index (χ1v) is 9.98. The van der Waals surface area contributed by atoms with E-state index in [4.69, 9.17) is 11.6 Å². The molecule has 3 rings (SSSR count). The van der Waals surface area contributed by atoms with E-state index in [1.54, 1.807) is 30.1 Å². The number of nitrogens with zero attached hydrogens (tertiary/aromatic N) is 1. The Kier molecular flexibility index (Phi) is 5.61. The highest BCUT2D eigenvalue weighted by Crippen LogP contribution is 2.43. The van der Waals surface area contributed by atoms with E-state index in [0.717, 1.165) is 40.2 Å². The van der Waals surface area contributed by atoms with Crippen molar-refractivity contribution in [2.45, 2.75) is 29.6 Å². The lowest BCUT2D eigenvalue weighted by Crippen LogP contribution is -2.19. The van der Waals surface area contributed by atoms with Crippen LogP contribution in [0.25, 0.3) is 0 Å². The molecule has 1 amide bonds. The highest BCUT2D eigenvalue weighted by molar-refractivity contribution is 8.00. The van der Waals surface area contributed by atoms with Crippen LogP contribution in [0.15, 0.2) is 33.6 Å². The zero-order valence-electron chi connectivity index (χ0n) is 13.1. The fourth-order valence-electron chi connectivity index (χ4n) is 2.76. The van der Waals surface area contributed by atoms with Gasteiger partial charge >= 0.3 is 0 Å². The van der Waals surface area contributed by atoms with Crippen LogP contribution in [-0.2, 0) is 6.42 Å². The van der Waals surface area contributed by atoms with E-state index >= 15 is 0 Å². The van der Waals surface area contributed by atoms with E-state index in [2.05, 4.69) is 10.5 Å². The maximum atomic E-state index is 12.5. The number of carbonyl (C=O) groups is 1. The number of amides is 1. The van der Waals surface area contributed by atoms with E-state index in [0.29, 0.717) is 9.90 Å². The van der Waals surface area contributed by atoms with Crippen LogP contribution in [0.1, 0.15) is 45.3 Å². The molecule has 0 saturated carbocycles. The van der Waals surface area contributed by atoms with Crippen molar-refractivity contribution in [3.05, 3.63) is 50.9 Å². The van der Waals surface area contributed by atoms with Crippen LogP contribution in [0.2, 0.25) is 5.02 Å². The Morgan fingerprint density at radius 3 is 2.92 bits per heavy atom. The standard InChI is InChI=1S/C17H17ClN2O2S2/c1-23-17-14-12(3-2-4-13(14)21)15(24-17)16(22)20-19-9-10-5-7-11(18)8-6-10/h5-9,13,21H,2-4H2,1H3,(H,20,22)/b19-9-/t13-/m0/s1. The molecule has 2 aromatic rings. The molecule has 24 heavy (non-hydrogen) atoms. The number of thiophene rings is 1. The zero-order chi connectivity index (χ0) is 17.1. The number of aliphatic hydroxyl groups is 1. The Balaban J connectivity index is 1.77. The summed E-state index contributed by atoms with van der Waals surface area (Å²) in [5.41, 5.74) is 5.35. The minimum Gasteiger partial charge on any atom is -0.388 e. The highest BCUT2D eigenvalue weighted by Gasteiger charge is 2.29. The first kappa shape index (κ1) is 17.5. The predicted molar refractivity (Wildman–Crippen MR) is 101 cm³/mol. The summed E-state index contributed by atoms with van der Waals surface area (Å²) >= 11 is 8.85. The first-order valence-electron chi connectivity index (χ1n) is 7.56. The van der Waals surface area contributed by atoms with Crippen molar-refractivity contribution in [3.8, 4) is 0 Å². The third-order valence-electron chi connectivity index (χ3n) is 3.89. The van der Waals surface area contributed by atoms with Gasteiger partial charge in [-0.15, -0.1) is 23.1 Å². The van der Waals surface area contributed by atoms with Crippen molar-refractivity contribution in [1.29, 1.82) is 0 Å². The third-order valence-corrected chi connectivity index (χ3v) is 6.53. The van der Waals surface area contributed by atoms with Gasteiger partial charge in [0.05, 0.1) is 21.4 Å². The fourth-order valence-corrected chi connectivity index (χ4v) is 4.97. The van der Waals surface area contributed by atoms with Gasteiger partial charge in [-0.05, 0) is 48.8 Å². The van der Waals surface area contributed by atoms with Crippen molar-refractivity contribution in [3.63, 3.8) is 0 Å². The summed E-state index contributed by atoms with van der Waals surface area (Å²) in [5.74, 6) is -0.226. The fraction of sp³-hybridized carbons (Fsp3) is 0.294. The third kappa shape index (κ3) is 3.67. The predicted octanol–water partition coefficient (Wildman–Crippen LogP) is 4.26. The molecule has 0 bridgehead atoms. The Morgan fingerprint density at radius 1 is 1.46 bits per heavy atom. The average molecular weight is 381 g/mol.